The Morgan fingerprint density at radius 3 is 2.67 bits per heavy atom. The predicted octanol–water partition coefficient (Wildman–Crippen LogP) is 2.45. The summed E-state index contributed by atoms with van der Waals surface area (Å²) in [5.74, 6) is 0.635. The maximum Gasteiger partial charge on any atom is 0.171 e. The second-order valence-corrected chi connectivity index (χ2v) is 4.44. The fourth-order valence-electron chi connectivity index (χ4n) is 1.94. The number of amidine groups is 1. The summed E-state index contributed by atoms with van der Waals surface area (Å²) in [5.41, 5.74) is 6.06. The second kappa shape index (κ2) is 6.44. The Morgan fingerprint density at radius 1 is 1.56 bits per heavy atom. The average Bonchev–Trinajstić information content (AvgIpc) is 2.39. The van der Waals surface area contributed by atoms with Crippen molar-refractivity contribution in [2.24, 2.45) is 10.9 Å². The Labute approximate surface area is 112 Å². The van der Waals surface area contributed by atoms with Crippen LogP contribution in [0.1, 0.15) is 32.3 Å². The van der Waals surface area contributed by atoms with E-state index in [1.54, 1.807) is 12.3 Å². The van der Waals surface area contributed by atoms with Gasteiger partial charge in [-0.3, -0.25) is 0 Å². The number of pyridine rings is 1. The molecule has 0 aliphatic carbocycles. The van der Waals surface area contributed by atoms with Crippen LogP contribution >= 0.6 is 11.6 Å². The summed E-state index contributed by atoms with van der Waals surface area (Å²) in [6.45, 7) is 4.23. The van der Waals surface area contributed by atoms with Crippen LogP contribution in [0.5, 0.6) is 0 Å². The molecule has 18 heavy (non-hydrogen) atoms. The summed E-state index contributed by atoms with van der Waals surface area (Å²) < 4.78 is 0. The number of anilines is 1. The summed E-state index contributed by atoms with van der Waals surface area (Å²) in [4.78, 5) is 6.30. The van der Waals surface area contributed by atoms with Crippen molar-refractivity contribution in [3.8, 4) is 0 Å². The first-order valence-electron chi connectivity index (χ1n) is 5.91. The largest absolute Gasteiger partial charge is 0.409 e. The van der Waals surface area contributed by atoms with E-state index in [1.807, 2.05) is 11.9 Å². The van der Waals surface area contributed by atoms with Crippen molar-refractivity contribution in [3.63, 3.8) is 0 Å². The normalized spacial score (nSPS) is 11.9. The zero-order valence-corrected chi connectivity index (χ0v) is 11.6. The molecule has 0 aromatic carbocycles. The minimum absolute atomic E-state index is 0.0124. The Kier molecular flexibility index (Phi) is 5.22. The van der Waals surface area contributed by atoms with Gasteiger partial charge in [0.2, 0.25) is 0 Å². The number of rotatable bonds is 5. The molecular formula is C12H19ClN4O. The van der Waals surface area contributed by atoms with Crippen molar-refractivity contribution in [2.45, 2.75) is 32.7 Å². The van der Waals surface area contributed by atoms with Crippen LogP contribution in [0.25, 0.3) is 0 Å². The van der Waals surface area contributed by atoms with E-state index < -0.39 is 0 Å². The van der Waals surface area contributed by atoms with Gasteiger partial charge in [-0.05, 0) is 18.9 Å². The Morgan fingerprint density at radius 2 is 2.17 bits per heavy atom. The van der Waals surface area contributed by atoms with Crippen LogP contribution in [0, 0.1) is 0 Å². The predicted molar refractivity (Wildman–Crippen MR) is 74.5 cm³/mol. The Balaban J connectivity index is 3.18. The van der Waals surface area contributed by atoms with Gasteiger partial charge in [-0.15, -0.1) is 0 Å². The smallest absolute Gasteiger partial charge is 0.171 e. The highest BCUT2D eigenvalue weighted by molar-refractivity contribution is 6.36. The van der Waals surface area contributed by atoms with E-state index >= 15 is 0 Å². The molecule has 0 radical (unpaired) electrons. The van der Waals surface area contributed by atoms with E-state index in [0.717, 1.165) is 12.8 Å². The van der Waals surface area contributed by atoms with Crippen LogP contribution in [0.3, 0.4) is 0 Å². The lowest BCUT2D eigenvalue weighted by Gasteiger charge is -2.28. The molecule has 3 N–H and O–H groups in total. The molecule has 1 heterocycles. The number of nitrogens with two attached hydrogens (primary N) is 1. The van der Waals surface area contributed by atoms with Gasteiger partial charge >= 0.3 is 0 Å². The molecule has 0 saturated heterocycles. The fourth-order valence-corrected chi connectivity index (χ4v) is 2.28. The molecule has 1 aromatic heterocycles. The minimum Gasteiger partial charge on any atom is -0.409 e. The molecule has 0 atom stereocenters. The maximum absolute atomic E-state index is 8.71. The number of hydrogen-bond acceptors (Lipinski definition) is 4. The van der Waals surface area contributed by atoms with Crippen molar-refractivity contribution in [3.05, 3.63) is 22.8 Å². The molecule has 0 bridgehead atoms. The van der Waals surface area contributed by atoms with E-state index in [2.05, 4.69) is 24.0 Å². The standard InChI is InChI=1S/C12H19ClN4O/c1-4-8(5-2)17(3)12-10(13)9(6-7-15-12)11(14)16-18/h6-8,18H,4-5H2,1-3H3,(H2,14,16). The molecule has 0 aliphatic heterocycles. The SMILES string of the molecule is CCC(CC)N(C)c1nccc(/C(N)=N/O)c1Cl. The zero-order valence-electron chi connectivity index (χ0n) is 10.9. The van der Waals surface area contributed by atoms with Gasteiger partial charge in [0.15, 0.2) is 5.84 Å². The molecule has 5 nitrogen and oxygen atoms in total. The first kappa shape index (κ1) is 14.6. The first-order chi connectivity index (χ1) is 8.56. The molecule has 100 valence electrons. The van der Waals surface area contributed by atoms with Gasteiger partial charge in [0.25, 0.3) is 0 Å². The van der Waals surface area contributed by atoms with E-state index in [4.69, 9.17) is 22.5 Å². The summed E-state index contributed by atoms with van der Waals surface area (Å²) >= 11 is 6.26. The average molecular weight is 271 g/mol. The van der Waals surface area contributed by atoms with Gasteiger partial charge in [0, 0.05) is 24.8 Å². The van der Waals surface area contributed by atoms with Crippen molar-refractivity contribution < 1.29 is 5.21 Å². The number of aromatic nitrogens is 1. The molecule has 1 aromatic rings. The van der Waals surface area contributed by atoms with E-state index in [-0.39, 0.29) is 5.84 Å². The number of oxime groups is 1. The van der Waals surface area contributed by atoms with Crippen LogP contribution < -0.4 is 10.6 Å². The number of nitrogens with zero attached hydrogens (tertiary/aromatic N) is 3. The summed E-state index contributed by atoms with van der Waals surface area (Å²) in [6.07, 6.45) is 3.60. The lowest BCUT2D eigenvalue weighted by atomic mass is 10.1. The molecule has 0 fully saturated rings. The summed E-state index contributed by atoms with van der Waals surface area (Å²) in [6, 6.07) is 1.99. The lowest BCUT2D eigenvalue weighted by Crippen LogP contribution is -2.31. The van der Waals surface area contributed by atoms with Crippen LogP contribution in [0.2, 0.25) is 5.02 Å². The van der Waals surface area contributed by atoms with E-state index in [1.165, 1.54) is 0 Å². The van der Waals surface area contributed by atoms with Crippen LogP contribution in [0.4, 0.5) is 5.82 Å². The third-order valence-electron chi connectivity index (χ3n) is 3.08. The van der Waals surface area contributed by atoms with E-state index in [0.29, 0.717) is 22.4 Å². The lowest BCUT2D eigenvalue weighted by molar-refractivity contribution is 0.318. The number of halogens is 1. The van der Waals surface area contributed by atoms with Gasteiger partial charge in [-0.25, -0.2) is 4.98 Å². The summed E-state index contributed by atoms with van der Waals surface area (Å²) in [7, 11) is 1.95. The third kappa shape index (κ3) is 2.85. The molecule has 0 aliphatic rings. The van der Waals surface area contributed by atoms with Gasteiger partial charge in [0.05, 0.1) is 5.02 Å². The van der Waals surface area contributed by atoms with E-state index in [9.17, 15) is 0 Å². The quantitative estimate of drug-likeness (QED) is 0.373. The molecule has 1 rings (SSSR count). The Hall–Kier alpha value is -1.49. The van der Waals surface area contributed by atoms with Crippen molar-refractivity contribution >= 4 is 23.3 Å². The highest BCUT2D eigenvalue weighted by atomic mass is 35.5. The maximum atomic E-state index is 8.71. The highest BCUT2D eigenvalue weighted by Crippen LogP contribution is 2.28. The van der Waals surface area contributed by atoms with Crippen LogP contribution in [-0.2, 0) is 0 Å². The first-order valence-corrected chi connectivity index (χ1v) is 6.29. The zero-order chi connectivity index (χ0) is 13.7. The van der Waals surface area contributed by atoms with Crippen LogP contribution in [0.15, 0.2) is 17.4 Å². The topological polar surface area (TPSA) is 74.7 Å². The second-order valence-electron chi connectivity index (χ2n) is 4.06. The molecule has 0 spiro atoms. The van der Waals surface area contributed by atoms with Crippen molar-refractivity contribution in [2.75, 3.05) is 11.9 Å². The van der Waals surface area contributed by atoms with Gasteiger partial charge in [-0.1, -0.05) is 30.6 Å². The molecule has 0 unspecified atom stereocenters. The highest BCUT2D eigenvalue weighted by Gasteiger charge is 2.18. The third-order valence-corrected chi connectivity index (χ3v) is 3.45. The molecular weight excluding hydrogens is 252 g/mol. The van der Waals surface area contributed by atoms with Gasteiger partial charge in [0.1, 0.15) is 5.82 Å². The molecule has 0 saturated carbocycles. The van der Waals surface area contributed by atoms with Crippen LogP contribution in [-0.4, -0.2) is 29.1 Å². The Bertz CT molecular complexity index is 432. The minimum atomic E-state index is -0.0124. The van der Waals surface area contributed by atoms with Crippen molar-refractivity contribution in [1.29, 1.82) is 0 Å². The monoisotopic (exact) mass is 270 g/mol. The van der Waals surface area contributed by atoms with Crippen molar-refractivity contribution in [1.82, 2.24) is 4.98 Å². The summed E-state index contributed by atoms with van der Waals surface area (Å²) in [5, 5.41) is 12.1. The molecule has 0 amide bonds. The van der Waals surface area contributed by atoms with Gasteiger partial charge in [-0.2, -0.15) is 0 Å². The fraction of sp³-hybridized carbons (Fsp3) is 0.500. The number of hydrogen-bond donors (Lipinski definition) is 2. The van der Waals surface area contributed by atoms with Gasteiger partial charge < -0.3 is 15.8 Å². The molecule has 6 heteroatoms.